The van der Waals surface area contributed by atoms with Gasteiger partial charge in [-0.2, -0.15) is 0 Å². The highest BCUT2D eigenvalue weighted by atomic mass is 16.5. The van der Waals surface area contributed by atoms with E-state index in [-0.39, 0.29) is 0 Å². The number of fused-ring (bicyclic) bond motifs is 1. The normalized spacial score (nSPS) is 10.7. The minimum atomic E-state index is -0.420. The SMILES string of the molecule is COc1ccc(OC)c(-c2c(C)c3cc(OC)ccc3oc2=O)c1. The Labute approximate surface area is 139 Å². The van der Waals surface area contributed by atoms with Crippen molar-refractivity contribution in [3.63, 3.8) is 0 Å². The van der Waals surface area contributed by atoms with Gasteiger partial charge in [-0.3, -0.25) is 0 Å². The molecule has 0 saturated carbocycles. The van der Waals surface area contributed by atoms with E-state index in [4.69, 9.17) is 18.6 Å². The molecule has 1 aromatic heterocycles. The number of benzene rings is 2. The summed E-state index contributed by atoms with van der Waals surface area (Å²) < 4.78 is 21.4. The highest BCUT2D eigenvalue weighted by molar-refractivity contribution is 5.89. The molecule has 5 nitrogen and oxygen atoms in total. The second-order valence-corrected chi connectivity index (χ2v) is 5.32. The third-order valence-electron chi connectivity index (χ3n) is 4.05. The van der Waals surface area contributed by atoms with Crippen LogP contribution < -0.4 is 19.8 Å². The maximum atomic E-state index is 12.6. The smallest absolute Gasteiger partial charge is 0.344 e. The molecule has 5 heteroatoms. The standard InChI is InChI=1S/C19H18O5/c1-11-14-9-12(21-2)6-8-17(14)24-19(20)18(11)15-10-13(22-3)5-7-16(15)23-4/h5-10H,1-4H3. The molecule has 1 heterocycles. The van der Waals surface area contributed by atoms with Gasteiger partial charge in [-0.25, -0.2) is 4.79 Å². The number of methoxy groups -OCH3 is 3. The zero-order chi connectivity index (χ0) is 17.3. The van der Waals surface area contributed by atoms with Crippen molar-refractivity contribution in [2.45, 2.75) is 6.92 Å². The highest BCUT2D eigenvalue weighted by Crippen LogP contribution is 2.36. The maximum absolute atomic E-state index is 12.6. The Morgan fingerprint density at radius 3 is 2.21 bits per heavy atom. The van der Waals surface area contributed by atoms with E-state index in [0.29, 0.717) is 34.0 Å². The Morgan fingerprint density at radius 1 is 0.875 bits per heavy atom. The van der Waals surface area contributed by atoms with Crippen molar-refractivity contribution in [3.05, 3.63) is 52.4 Å². The zero-order valence-electron chi connectivity index (χ0n) is 14.0. The molecule has 0 N–H and O–H groups in total. The molecule has 0 spiro atoms. The summed E-state index contributed by atoms with van der Waals surface area (Å²) >= 11 is 0. The van der Waals surface area contributed by atoms with Crippen molar-refractivity contribution < 1.29 is 18.6 Å². The summed E-state index contributed by atoms with van der Waals surface area (Å²) in [5.41, 5.74) is 1.98. The first-order valence-corrected chi connectivity index (χ1v) is 7.43. The zero-order valence-corrected chi connectivity index (χ0v) is 14.0. The minimum Gasteiger partial charge on any atom is -0.497 e. The molecule has 0 atom stereocenters. The molecule has 0 bridgehead atoms. The molecule has 0 fully saturated rings. The van der Waals surface area contributed by atoms with Crippen LogP contribution in [0.15, 0.2) is 45.6 Å². The van der Waals surface area contributed by atoms with Crippen molar-refractivity contribution in [1.82, 2.24) is 0 Å². The van der Waals surface area contributed by atoms with Crippen molar-refractivity contribution >= 4 is 11.0 Å². The van der Waals surface area contributed by atoms with E-state index in [2.05, 4.69) is 0 Å². The van der Waals surface area contributed by atoms with Gasteiger partial charge in [0.05, 0.1) is 26.9 Å². The molecule has 0 aliphatic carbocycles. The summed E-state index contributed by atoms with van der Waals surface area (Å²) in [6.07, 6.45) is 0. The van der Waals surface area contributed by atoms with Gasteiger partial charge in [-0.15, -0.1) is 0 Å². The van der Waals surface area contributed by atoms with Gasteiger partial charge in [0.25, 0.3) is 0 Å². The molecule has 24 heavy (non-hydrogen) atoms. The first kappa shape index (κ1) is 15.9. The first-order valence-electron chi connectivity index (χ1n) is 7.43. The van der Waals surface area contributed by atoms with Gasteiger partial charge in [0.2, 0.25) is 0 Å². The molecule has 3 aromatic rings. The second-order valence-electron chi connectivity index (χ2n) is 5.32. The fourth-order valence-corrected chi connectivity index (χ4v) is 2.78. The molecule has 0 aliphatic rings. The lowest BCUT2D eigenvalue weighted by atomic mass is 9.98. The summed E-state index contributed by atoms with van der Waals surface area (Å²) in [6, 6.07) is 10.7. The van der Waals surface area contributed by atoms with E-state index < -0.39 is 5.63 Å². The van der Waals surface area contributed by atoms with E-state index >= 15 is 0 Å². The lowest BCUT2D eigenvalue weighted by Crippen LogP contribution is -2.07. The number of ether oxygens (including phenoxy) is 3. The Balaban J connectivity index is 2.36. The van der Waals surface area contributed by atoms with E-state index in [9.17, 15) is 4.79 Å². The van der Waals surface area contributed by atoms with Crippen LogP contribution in [0.2, 0.25) is 0 Å². The van der Waals surface area contributed by atoms with Gasteiger partial charge in [0.15, 0.2) is 0 Å². The Morgan fingerprint density at radius 2 is 1.54 bits per heavy atom. The van der Waals surface area contributed by atoms with Gasteiger partial charge in [0.1, 0.15) is 22.8 Å². The number of rotatable bonds is 4. The van der Waals surface area contributed by atoms with Crippen LogP contribution in [0.3, 0.4) is 0 Å². The lowest BCUT2D eigenvalue weighted by Gasteiger charge is -2.13. The largest absolute Gasteiger partial charge is 0.497 e. The molecule has 2 aromatic carbocycles. The molecule has 0 amide bonds. The molecular formula is C19H18O5. The van der Waals surface area contributed by atoms with Crippen LogP contribution in [0, 0.1) is 6.92 Å². The van der Waals surface area contributed by atoms with Gasteiger partial charge >= 0.3 is 5.63 Å². The van der Waals surface area contributed by atoms with Gasteiger partial charge in [0, 0.05) is 10.9 Å². The summed E-state index contributed by atoms with van der Waals surface area (Å²) in [5, 5.41) is 0.814. The van der Waals surface area contributed by atoms with Gasteiger partial charge < -0.3 is 18.6 Å². The first-order chi connectivity index (χ1) is 11.6. The maximum Gasteiger partial charge on any atom is 0.344 e. The summed E-state index contributed by atoms with van der Waals surface area (Å²) in [7, 11) is 4.74. The molecule has 0 aliphatic heterocycles. The van der Waals surface area contributed by atoms with Crippen molar-refractivity contribution in [2.75, 3.05) is 21.3 Å². The van der Waals surface area contributed by atoms with Crippen LogP contribution in [0.25, 0.3) is 22.1 Å². The van der Waals surface area contributed by atoms with Gasteiger partial charge in [-0.05, 0) is 48.9 Å². The summed E-state index contributed by atoms with van der Waals surface area (Å²) in [5.74, 6) is 1.91. The van der Waals surface area contributed by atoms with Crippen LogP contribution in [0.1, 0.15) is 5.56 Å². The fourth-order valence-electron chi connectivity index (χ4n) is 2.78. The number of hydrogen-bond donors (Lipinski definition) is 0. The van der Waals surface area contributed by atoms with Crippen LogP contribution in [0.4, 0.5) is 0 Å². The van der Waals surface area contributed by atoms with E-state index in [1.807, 2.05) is 13.0 Å². The minimum absolute atomic E-state index is 0.420. The average Bonchev–Trinajstić information content (AvgIpc) is 2.61. The Bertz CT molecular complexity index is 956. The van der Waals surface area contributed by atoms with E-state index in [1.54, 1.807) is 51.7 Å². The van der Waals surface area contributed by atoms with Crippen molar-refractivity contribution in [3.8, 4) is 28.4 Å². The second kappa shape index (κ2) is 6.28. The third-order valence-corrected chi connectivity index (χ3v) is 4.05. The number of hydrogen-bond acceptors (Lipinski definition) is 5. The molecule has 3 rings (SSSR count). The quantitative estimate of drug-likeness (QED) is 0.683. The van der Waals surface area contributed by atoms with Crippen LogP contribution in [0.5, 0.6) is 17.2 Å². The average molecular weight is 326 g/mol. The van der Waals surface area contributed by atoms with E-state index in [0.717, 1.165) is 10.9 Å². The van der Waals surface area contributed by atoms with Crippen LogP contribution in [-0.4, -0.2) is 21.3 Å². The summed E-state index contributed by atoms with van der Waals surface area (Å²) in [4.78, 5) is 12.6. The Kier molecular flexibility index (Phi) is 4.16. The fraction of sp³-hybridized carbons (Fsp3) is 0.211. The van der Waals surface area contributed by atoms with Gasteiger partial charge in [-0.1, -0.05) is 0 Å². The predicted octanol–water partition coefficient (Wildman–Crippen LogP) is 3.79. The molecule has 124 valence electrons. The Hall–Kier alpha value is -2.95. The van der Waals surface area contributed by atoms with Crippen LogP contribution in [-0.2, 0) is 0 Å². The van der Waals surface area contributed by atoms with E-state index in [1.165, 1.54) is 0 Å². The third kappa shape index (κ3) is 2.58. The van der Waals surface area contributed by atoms with Crippen LogP contribution >= 0.6 is 0 Å². The highest BCUT2D eigenvalue weighted by Gasteiger charge is 2.18. The molecule has 0 unspecified atom stereocenters. The number of aryl methyl sites for hydroxylation is 1. The topological polar surface area (TPSA) is 57.9 Å². The van der Waals surface area contributed by atoms with Crippen molar-refractivity contribution in [1.29, 1.82) is 0 Å². The monoisotopic (exact) mass is 326 g/mol. The molecule has 0 radical (unpaired) electrons. The predicted molar refractivity (Wildman–Crippen MR) is 92.3 cm³/mol. The summed E-state index contributed by atoms with van der Waals surface area (Å²) in [6.45, 7) is 1.88. The lowest BCUT2D eigenvalue weighted by molar-refractivity contribution is 0.404. The van der Waals surface area contributed by atoms with Crippen molar-refractivity contribution in [2.24, 2.45) is 0 Å². The molecule has 0 saturated heterocycles. The molecular weight excluding hydrogens is 308 g/mol.